The fourth-order valence-corrected chi connectivity index (χ4v) is 2.09. The molecule has 0 spiro atoms. The SMILES string of the molecule is CC(O)CC(=O)O.CCC(O)C(=O)O.O=C(O)CC(O)(CC(=O)O)C(=O)O.O=C(O)CCC(=O)O.O=C(O)CCCO.O=C=C(CC(=O)O)CC(=O)O. The summed E-state index contributed by atoms with van der Waals surface area (Å²) in [5.41, 5.74) is -3.00. The van der Waals surface area contributed by atoms with Gasteiger partial charge in [-0.05, 0) is 19.8 Å². The first kappa shape index (κ1) is 59.2. The average molecular weight is 781 g/mol. The Morgan fingerprint density at radius 3 is 1.06 bits per heavy atom. The lowest BCUT2D eigenvalue weighted by Gasteiger charge is -2.18. The van der Waals surface area contributed by atoms with E-state index in [1.807, 2.05) is 0 Å². The molecule has 0 aromatic carbocycles. The minimum atomic E-state index is -2.74. The van der Waals surface area contributed by atoms with E-state index >= 15 is 0 Å². The van der Waals surface area contributed by atoms with Crippen LogP contribution in [0.15, 0.2) is 5.57 Å². The van der Waals surface area contributed by atoms with E-state index in [9.17, 15) is 52.7 Å². The van der Waals surface area contributed by atoms with Gasteiger partial charge >= 0.3 is 59.7 Å². The lowest BCUT2D eigenvalue weighted by atomic mass is 9.96. The second kappa shape index (κ2) is 35.8. The molecule has 0 heterocycles. The zero-order valence-electron chi connectivity index (χ0n) is 28.2. The molecule has 0 radical (unpaired) electrons. The number of rotatable bonds is 19. The maximum absolute atomic E-state index is 10.3. The minimum absolute atomic E-state index is 0.0354. The third-order valence-electron chi connectivity index (χ3n) is 4.40. The standard InChI is InChI=1S/C6H8O7.C6H6O5.C4H6O4.3C4H8O3/c7-3(8)1-6(13,5(11)12)2-4(9)10;7-3-4(1-5(8)9)2-6(10)11;5-3(6)1-2-4(7)8;1-3(5)2-4(6)7;1-2-3(5)4(6)7;5-3-1-2-4(6)7/h13H,1-2H2,(H,7,8)(H,9,10)(H,11,12);1-2H2,(H,8,9)(H,10,11);1-2H2,(H,5,6)(H,7,8);2*3,5H,2H2,1H3,(H,6,7);5H,1-3H2,(H,6,7). The summed E-state index contributed by atoms with van der Waals surface area (Å²) in [7, 11) is 0. The number of hydrogen-bond acceptors (Lipinski definition) is 15. The minimum Gasteiger partial charge on any atom is -0.481 e. The molecule has 2 unspecified atom stereocenters. The zero-order valence-corrected chi connectivity index (χ0v) is 28.2. The number of aliphatic hydroxyl groups excluding tert-OH is 3. The van der Waals surface area contributed by atoms with E-state index in [-0.39, 0.29) is 44.3 Å². The molecule has 53 heavy (non-hydrogen) atoms. The van der Waals surface area contributed by atoms with Crippen molar-refractivity contribution in [1.82, 2.24) is 0 Å². The van der Waals surface area contributed by atoms with Gasteiger partial charge in [0.25, 0.3) is 0 Å². The summed E-state index contributed by atoms with van der Waals surface area (Å²) in [6, 6.07) is 0. The summed E-state index contributed by atoms with van der Waals surface area (Å²) in [6.07, 6.45) is -5.38. The van der Waals surface area contributed by atoms with E-state index in [0.29, 0.717) is 6.42 Å². The van der Waals surface area contributed by atoms with Gasteiger partial charge in [-0.3, -0.25) is 38.4 Å². The molecule has 0 rings (SSSR count). The largest absolute Gasteiger partial charge is 0.481 e. The number of aliphatic carboxylic acids is 10. The van der Waals surface area contributed by atoms with Gasteiger partial charge in [0.2, 0.25) is 0 Å². The molecule has 0 aliphatic carbocycles. The van der Waals surface area contributed by atoms with Crippen LogP contribution >= 0.6 is 0 Å². The average Bonchev–Trinajstić information content (AvgIpc) is 2.97. The van der Waals surface area contributed by atoms with Crippen LogP contribution in [-0.2, 0) is 52.7 Å². The van der Waals surface area contributed by atoms with Crippen molar-refractivity contribution < 1.29 is 124 Å². The smallest absolute Gasteiger partial charge is 0.336 e. The van der Waals surface area contributed by atoms with Crippen molar-refractivity contribution in [1.29, 1.82) is 0 Å². The lowest BCUT2D eigenvalue weighted by molar-refractivity contribution is -0.170. The Morgan fingerprint density at radius 2 is 0.943 bits per heavy atom. The van der Waals surface area contributed by atoms with Crippen molar-refractivity contribution in [3.63, 3.8) is 0 Å². The number of carbonyl (C=O) groups excluding carboxylic acids is 1. The summed E-state index contributed by atoms with van der Waals surface area (Å²) >= 11 is 0. The predicted octanol–water partition coefficient (Wildman–Crippen LogP) is -2.09. The first-order valence-corrected chi connectivity index (χ1v) is 14.2. The van der Waals surface area contributed by atoms with Crippen LogP contribution in [0, 0.1) is 0 Å². The summed E-state index contributed by atoms with van der Waals surface area (Å²) in [6.45, 7) is 3.01. The Kier molecular flexibility index (Phi) is 40.0. The van der Waals surface area contributed by atoms with Crippen LogP contribution in [0.4, 0.5) is 0 Å². The van der Waals surface area contributed by atoms with Gasteiger partial charge in [-0.2, -0.15) is 0 Å². The van der Waals surface area contributed by atoms with E-state index in [0.717, 1.165) is 0 Å². The van der Waals surface area contributed by atoms with Gasteiger partial charge in [0.05, 0.1) is 51.0 Å². The molecule has 0 aliphatic rings. The van der Waals surface area contributed by atoms with Crippen LogP contribution in [0.5, 0.6) is 0 Å². The molecule has 306 valence electrons. The first-order chi connectivity index (χ1) is 24.0. The molecule has 0 aliphatic heterocycles. The van der Waals surface area contributed by atoms with Crippen molar-refractivity contribution in [3.8, 4) is 0 Å². The quantitative estimate of drug-likeness (QED) is 0.0625. The van der Waals surface area contributed by atoms with E-state index in [1.54, 1.807) is 6.92 Å². The van der Waals surface area contributed by atoms with Gasteiger partial charge < -0.3 is 71.5 Å². The molecule has 25 heteroatoms. The number of carboxylic acids is 10. The highest BCUT2D eigenvalue weighted by Crippen LogP contribution is 2.15. The molecule has 0 saturated carbocycles. The van der Waals surface area contributed by atoms with Crippen LogP contribution in [0.3, 0.4) is 0 Å². The van der Waals surface area contributed by atoms with Crippen molar-refractivity contribution in [3.05, 3.63) is 5.57 Å². The summed E-state index contributed by atoms with van der Waals surface area (Å²) in [5.74, 6) is -11.3. The Balaban J connectivity index is -0.000000127. The maximum atomic E-state index is 10.3. The highest BCUT2D eigenvalue weighted by atomic mass is 16.4. The number of carbonyl (C=O) groups is 10. The molecule has 0 fully saturated rings. The molecule has 0 aromatic rings. The molecule has 0 amide bonds. The molecule has 2 atom stereocenters. The van der Waals surface area contributed by atoms with Crippen LogP contribution in [-0.4, -0.2) is 162 Å². The lowest BCUT2D eigenvalue weighted by Crippen LogP contribution is -2.42. The van der Waals surface area contributed by atoms with Crippen LogP contribution < -0.4 is 0 Å². The van der Waals surface area contributed by atoms with Crippen molar-refractivity contribution in [2.45, 2.75) is 95.9 Å². The Labute approximate surface area is 298 Å². The normalized spacial score (nSPS) is 10.4. The highest BCUT2D eigenvalue weighted by Gasteiger charge is 2.40. The van der Waals surface area contributed by atoms with Gasteiger partial charge in [0.15, 0.2) is 11.7 Å². The number of carboxylic acid groups (broad SMARTS) is 10. The van der Waals surface area contributed by atoms with E-state index in [4.69, 9.17) is 71.5 Å². The topological polar surface area (TPSA) is 471 Å². The fourth-order valence-electron chi connectivity index (χ4n) is 2.09. The monoisotopic (exact) mass is 780 g/mol. The molecule has 0 saturated heterocycles. The van der Waals surface area contributed by atoms with Crippen molar-refractivity contribution in [2.75, 3.05) is 6.61 Å². The highest BCUT2D eigenvalue weighted by molar-refractivity contribution is 5.88. The molecule has 25 nitrogen and oxygen atoms in total. The van der Waals surface area contributed by atoms with Gasteiger partial charge in [0, 0.05) is 18.6 Å². The summed E-state index contributed by atoms with van der Waals surface area (Å²) in [5, 5.41) is 114. The van der Waals surface area contributed by atoms with Crippen LogP contribution in [0.25, 0.3) is 0 Å². The number of aliphatic hydroxyl groups is 4. The van der Waals surface area contributed by atoms with Gasteiger partial charge in [-0.1, -0.05) is 6.92 Å². The maximum Gasteiger partial charge on any atom is 0.336 e. The second-order valence-electron chi connectivity index (χ2n) is 9.54. The zero-order chi connectivity index (χ0) is 43.5. The van der Waals surface area contributed by atoms with Crippen LogP contribution in [0.1, 0.15) is 78.1 Å². The van der Waals surface area contributed by atoms with Crippen molar-refractivity contribution >= 4 is 65.6 Å². The second-order valence-corrected chi connectivity index (χ2v) is 9.54. The predicted molar refractivity (Wildman–Crippen MR) is 167 cm³/mol. The summed E-state index contributed by atoms with van der Waals surface area (Å²) in [4.78, 5) is 109. The Bertz CT molecular complexity index is 1180. The first-order valence-electron chi connectivity index (χ1n) is 14.2. The van der Waals surface area contributed by atoms with Gasteiger partial charge in [-0.25, -0.2) is 14.4 Å². The Hall–Kier alpha value is -6.01. The molecular formula is C28H44O25. The molecule has 14 N–H and O–H groups in total. The fraction of sp³-hybridized carbons (Fsp3) is 0.571. The number of hydrogen-bond donors (Lipinski definition) is 14. The third-order valence-corrected chi connectivity index (χ3v) is 4.40. The summed E-state index contributed by atoms with van der Waals surface area (Å²) < 4.78 is 0. The molecule has 0 bridgehead atoms. The Morgan fingerprint density at radius 1 is 0.585 bits per heavy atom. The van der Waals surface area contributed by atoms with E-state index < -0.39 is 103 Å². The molecule has 0 aromatic heterocycles. The van der Waals surface area contributed by atoms with E-state index in [1.165, 1.54) is 12.9 Å². The van der Waals surface area contributed by atoms with Crippen LogP contribution in [0.2, 0.25) is 0 Å². The van der Waals surface area contributed by atoms with E-state index in [2.05, 4.69) is 0 Å². The van der Waals surface area contributed by atoms with Gasteiger partial charge in [0.1, 0.15) is 5.94 Å². The van der Waals surface area contributed by atoms with Crippen molar-refractivity contribution in [2.24, 2.45) is 0 Å². The molecular weight excluding hydrogens is 736 g/mol. The van der Waals surface area contributed by atoms with Gasteiger partial charge in [-0.15, -0.1) is 0 Å². The third kappa shape index (κ3) is 58.5.